The first-order valence-corrected chi connectivity index (χ1v) is 6.22. The van der Waals surface area contributed by atoms with Crippen molar-refractivity contribution in [1.29, 1.82) is 5.26 Å². The Morgan fingerprint density at radius 2 is 1.86 bits per heavy atom. The molecule has 0 amide bonds. The molecular weight excluding hydrogens is 266 g/mol. The van der Waals surface area contributed by atoms with E-state index in [0.717, 1.165) is 10.4 Å². The lowest BCUT2D eigenvalue weighted by atomic mass is 10.2. The number of nitrogens with two attached hydrogens (primary N) is 1. The second-order valence-electron chi connectivity index (χ2n) is 4.41. The monoisotopic (exact) mass is 277 g/mol. The van der Waals surface area contributed by atoms with Crippen LogP contribution in [-0.2, 0) is 0 Å². The van der Waals surface area contributed by atoms with Crippen LogP contribution in [0, 0.1) is 11.3 Å². The number of nitrogen functional groups attached to an aromatic ring is 1. The van der Waals surface area contributed by atoms with Crippen LogP contribution in [0.25, 0.3) is 5.69 Å². The zero-order valence-electron chi connectivity index (χ0n) is 11.0. The predicted octanol–water partition coefficient (Wildman–Crippen LogP) is 1.82. The first-order chi connectivity index (χ1) is 10.2. The van der Waals surface area contributed by atoms with E-state index in [4.69, 9.17) is 11.0 Å². The van der Waals surface area contributed by atoms with Gasteiger partial charge in [-0.15, -0.1) is 0 Å². The van der Waals surface area contributed by atoms with Gasteiger partial charge in [0.25, 0.3) is 5.91 Å². The number of rotatable bonds is 2. The van der Waals surface area contributed by atoms with Crippen molar-refractivity contribution in [2.45, 2.75) is 0 Å². The van der Waals surface area contributed by atoms with Crippen molar-refractivity contribution in [2.75, 3.05) is 5.73 Å². The van der Waals surface area contributed by atoms with Gasteiger partial charge in [-0.05, 0) is 36.4 Å². The SMILES string of the molecule is N#Cc1cnn(C(=O)c2ccc(-n3cccc3)cc2)c1N. The summed E-state index contributed by atoms with van der Waals surface area (Å²) in [4.78, 5) is 12.3. The fraction of sp³-hybridized carbons (Fsp3) is 0. The van der Waals surface area contributed by atoms with Gasteiger partial charge in [-0.2, -0.15) is 15.0 Å². The molecule has 2 N–H and O–H groups in total. The van der Waals surface area contributed by atoms with Crippen molar-refractivity contribution in [3.8, 4) is 11.8 Å². The summed E-state index contributed by atoms with van der Waals surface area (Å²) in [5.41, 5.74) is 7.30. The smallest absolute Gasteiger partial charge is 0.280 e. The molecule has 21 heavy (non-hydrogen) atoms. The molecule has 0 aliphatic heterocycles. The number of anilines is 1. The largest absolute Gasteiger partial charge is 0.382 e. The Morgan fingerprint density at radius 1 is 1.19 bits per heavy atom. The van der Waals surface area contributed by atoms with E-state index in [1.54, 1.807) is 12.1 Å². The highest BCUT2D eigenvalue weighted by atomic mass is 16.2. The summed E-state index contributed by atoms with van der Waals surface area (Å²) in [6, 6.07) is 12.8. The summed E-state index contributed by atoms with van der Waals surface area (Å²) in [5.74, 6) is -0.315. The molecule has 1 aromatic carbocycles. The van der Waals surface area contributed by atoms with E-state index in [1.165, 1.54) is 6.20 Å². The maximum Gasteiger partial charge on any atom is 0.280 e. The van der Waals surface area contributed by atoms with Gasteiger partial charge < -0.3 is 10.3 Å². The third kappa shape index (κ3) is 2.17. The fourth-order valence-electron chi connectivity index (χ4n) is 2.01. The van der Waals surface area contributed by atoms with E-state index in [9.17, 15) is 4.79 Å². The topological polar surface area (TPSA) is 89.6 Å². The van der Waals surface area contributed by atoms with Gasteiger partial charge in [0.1, 0.15) is 17.5 Å². The lowest BCUT2D eigenvalue weighted by Gasteiger charge is -2.06. The Morgan fingerprint density at radius 3 is 2.43 bits per heavy atom. The molecule has 0 spiro atoms. The average Bonchev–Trinajstić information content (AvgIpc) is 3.16. The Labute approximate surface area is 120 Å². The maximum atomic E-state index is 12.3. The van der Waals surface area contributed by atoms with E-state index in [0.29, 0.717) is 5.56 Å². The Hall–Kier alpha value is -3.33. The number of nitriles is 1. The number of aromatic nitrogens is 3. The van der Waals surface area contributed by atoms with Crippen LogP contribution in [-0.4, -0.2) is 20.3 Å². The zero-order chi connectivity index (χ0) is 14.8. The Balaban J connectivity index is 1.92. The molecule has 0 aliphatic rings. The van der Waals surface area contributed by atoms with Crippen molar-refractivity contribution >= 4 is 11.7 Å². The minimum absolute atomic E-state index is 0.0528. The van der Waals surface area contributed by atoms with Crippen LogP contribution in [0.15, 0.2) is 55.0 Å². The summed E-state index contributed by atoms with van der Waals surface area (Å²) in [5, 5.41) is 12.7. The third-order valence-corrected chi connectivity index (χ3v) is 3.14. The number of nitrogens with zero attached hydrogens (tertiary/aromatic N) is 4. The number of carbonyl (C=O) groups excluding carboxylic acids is 1. The Kier molecular flexibility index (Phi) is 3.01. The normalized spacial score (nSPS) is 10.2. The van der Waals surface area contributed by atoms with Gasteiger partial charge >= 0.3 is 0 Å². The summed E-state index contributed by atoms with van der Waals surface area (Å²) in [7, 11) is 0. The highest BCUT2D eigenvalue weighted by Crippen LogP contribution is 2.14. The van der Waals surface area contributed by atoms with Crippen molar-refractivity contribution in [1.82, 2.24) is 14.3 Å². The van der Waals surface area contributed by atoms with Crippen molar-refractivity contribution < 1.29 is 4.79 Å². The van der Waals surface area contributed by atoms with Gasteiger partial charge in [-0.1, -0.05) is 0 Å². The number of carbonyl (C=O) groups is 1. The molecule has 0 bridgehead atoms. The van der Waals surface area contributed by atoms with Crippen LogP contribution in [0.1, 0.15) is 15.9 Å². The van der Waals surface area contributed by atoms with Gasteiger partial charge in [0, 0.05) is 23.6 Å². The van der Waals surface area contributed by atoms with Crippen LogP contribution >= 0.6 is 0 Å². The molecule has 6 heteroatoms. The summed E-state index contributed by atoms with van der Waals surface area (Å²) in [6.07, 6.45) is 5.12. The van der Waals surface area contributed by atoms with Gasteiger partial charge in [-0.3, -0.25) is 4.79 Å². The number of hydrogen-bond acceptors (Lipinski definition) is 4. The van der Waals surface area contributed by atoms with Gasteiger partial charge in [-0.25, -0.2) is 0 Å². The summed E-state index contributed by atoms with van der Waals surface area (Å²) < 4.78 is 2.97. The van der Waals surface area contributed by atoms with E-state index < -0.39 is 0 Å². The summed E-state index contributed by atoms with van der Waals surface area (Å²) in [6.45, 7) is 0. The first kappa shape index (κ1) is 12.7. The lowest BCUT2D eigenvalue weighted by molar-refractivity contribution is 0.0948. The fourth-order valence-corrected chi connectivity index (χ4v) is 2.01. The van der Waals surface area contributed by atoms with Crippen molar-refractivity contribution in [3.63, 3.8) is 0 Å². The van der Waals surface area contributed by atoms with Gasteiger partial charge in [0.05, 0.1) is 6.20 Å². The molecule has 0 fully saturated rings. The molecule has 0 atom stereocenters. The highest BCUT2D eigenvalue weighted by Gasteiger charge is 2.15. The minimum atomic E-state index is -0.368. The van der Waals surface area contributed by atoms with E-state index >= 15 is 0 Å². The van der Waals surface area contributed by atoms with Crippen LogP contribution in [0.5, 0.6) is 0 Å². The quantitative estimate of drug-likeness (QED) is 0.773. The molecule has 2 heterocycles. The molecule has 0 unspecified atom stereocenters. The standard InChI is InChI=1S/C15H11N5O/c16-9-12-10-18-20(14(12)17)15(21)11-3-5-13(6-4-11)19-7-1-2-8-19/h1-8,10H,17H2. The average molecular weight is 277 g/mol. The molecule has 0 saturated carbocycles. The van der Waals surface area contributed by atoms with Gasteiger partial charge in [0.2, 0.25) is 0 Å². The molecule has 102 valence electrons. The second-order valence-corrected chi connectivity index (χ2v) is 4.41. The predicted molar refractivity (Wildman–Crippen MR) is 76.9 cm³/mol. The molecule has 3 rings (SSSR count). The lowest BCUT2D eigenvalue weighted by Crippen LogP contribution is -2.16. The van der Waals surface area contributed by atoms with Crippen LogP contribution < -0.4 is 5.73 Å². The molecule has 3 aromatic rings. The van der Waals surface area contributed by atoms with Crippen molar-refractivity contribution in [2.24, 2.45) is 0 Å². The molecule has 0 radical (unpaired) electrons. The first-order valence-electron chi connectivity index (χ1n) is 6.22. The number of benzene rings is 1. The van der Waals surface area contributed by atoms with E-state index in [-0.39, 0.29) is 17.3 Å². The molecule has 2 aromatic heterocycles. The molecule has 0 aliphatic carbocycles. The highest BCUT2D eigenvalue weighted by molar-refractivity contribution is 5.97. The van der Waals surface area contributed by atoms with Crippen molar-refractivity contribution in [3.05, 3.63) is 66.1 Å². The van der Waals surface area contributed by atoms with Gasteiger partial charge in [0.15, 0.2) is 0 Å². The third-order valence-electron chi connectivity index (χ3n) is 3.14. The molecule has 0 saturated heterocycles. The van der Waals surface area contributed by atoms with E-state index in [1.807, 2.05) is 47.3 Å². The second kappa shape index (κ2) is 4.98. The molecule has 6 nitrogen and oxygen atoms in total. The van der Waals surface area contributed by atoms with Crippen LogP contribution in [0.3, 0.4) is 0 Å². The zero-order valence-corrected chi connectivity index (χ0v) is 11.0. The molecular formula is C15H11N5O. The minimum Gasteiger partial charge on any atom is -0.382 e. The summed E-state index contributed by atoms with van der Waals surface area (Å²) >= 11 is 0. The maximum absolute atomic E-state index is 12.3. The van der Waals surface area contributed by atoms with Crippen LogP contribution in [0.2, 0.25) is 0 Å². The number of hydrogen-bond donors (Lipinski definition) is 1. The van der Waals surface area contributed by atoms with Crippen LogP contribution in [0.4, 0.5) is 5.82 Å². The van der Waals surface area contributed by atoms with E-state index in [2.05, 4.69) is 5.10 Å². The Bertz CT molecular complexity index is 822.